The molecule has 1 aliphatic rings. The summed E-state index contributed by atoms with van der Waals surface area (Å²) in [4.78, 5) is 16.2. The molecule has 1 aliphatic heterocycles. The van der Waals surface area contributed by atoms with Gasteiger partial charge in [-0.25, -0.2) is 9.97 Å². The molecule has 0 saturated heterocycles. The Morgan fingerprint density at radius 1 is 1.18 bits per heavy atom. The van der Waals surface area contributed by atoms with E-state index in [0.29, 0.717) is 0 Å². The highest BCUT2D eigenvalue weighted by atomic mass is 79.9. The molecule has 0 aromatic carbocycles. The molecule has 2 aromatic heterocycles. The first-order valence-corrected chi connectivity index (χ1v) is 8.39. The molecule has 0 aliphatic carbocycles. The van der Waals surface area contributed by atoms with Crippen molar-refractivity contribution in [3.63, 3.8) is 0 Å². The van der Waals surface area contributed by atoms with Crippen molar-refractivity contribution in [1.82, 2.24) is 19.9 Å². The quantitative estimate of drug-likeness (QED) is 0.821. The molecule has 3 heterocycles. The van der Waals surface area contributed by atoms with Gasteiger partial charge in [-0.05, 0) is 28.1 Å². The topological polar surface area (TPSA) is 41.9 Å². The van der Waals surface area contributed by atoms with E-state index in [1.807, 2.05) is 18.5 Å². The summed E-state index contributed by atoms with van der Waals surface area (Å²) in [6.45, 7) is 9.26. The monoisotopic (exact) mass is 360 g/mol. The fourth-order valence-corrected chi connectivity index (χ4v) is 2.83. The lowest BCUT2D eigenvalue weighted by Gasteiger charge is -2.28. The Morgan fingerprint density at radius 3 is 2.68 bits per heavy atom. The molecule has 116 valence electrons. The highest BCUT2D eigenvalue weighted by molar-refractivity contribution is 9.10. The predicted molar refractivity (Wildman–Crippen MR) is 90.5 cm³/mol. The van der Waals surface area contributed by atoms with Crippen LogP contribution in [0.15, 0.2) is 29.0 Å². The highest BCUT2D eigenvalue weighted by Gasteiger charge is 2.22. The number of hydrogen-bond donors (Lipinski definition) is 0. The first-order chi connectivity index (χ1) is 10.4. The number of aromatic nitrogens is 3. The number of hydrogen-bond acceptors (Lipinski definition) is 4. The van der Waals surface area contributed by atoms with Gasteiger partial charge in [0.25, 0.3) is 0 Å². The van der Waals surface area contributed by atoms with Gasteiger partial charge >= 0.3 is 0 Å². The smallest absolute Gasteiger partial charge is 0.133 e. The number of pyridine rings is 1. The van der Waals surface area contributed by atoms with Gasteiger partial charge in [0.15, 0.2) is 0 Å². The molecule has 0 N–H and O–H groups in total. The first-order valence-electron chi connectivity index (χ1n) is 7.60. The second-order valence-corrected chi connectivity index (χ2v) is 7.76. The van der Waals surface area contributed by atoms with Gasteiger partial charge in [-0.15, -0.1) is 0 Å². The minimum absolute atomic E-state index is 0.00745. The zero-order valence-electron chi connectivity index (χ0n) is 13.3. The molecule has 4 nitrogen and oxygen atoms in total. The van der Waals surface area contributed by atoms with E-state index in [0.717, 1.165) is 42.0 Å². The Kier molecular flexibility index (Phi) is 4.28. The van der Waals surface area contributed by atoms with Crippen LogP contribution < -0.4 is 0 Å². The van der Waals surface area contributed by atoms with Crippen molar-refractivity contribution in [2.75, 3.05) is 6.54 Å². The summed E-state index contributed by atoms with van der Waals surface area (Å²) in [6.07, 6.45) is 4.84. The summed E-state index contributed by atoms with van der Waals surface area (Å²) in [7, 11) is 0. The fraction of sp³-hybridized carbons (Fsp3) is 0.471. The standard InChI is InChI=1S/C17H21BrN4/c1-17(2,3)16-20-8-12-10-22(7-6-15(12)21-16)11-14-5-4-13(18)9-19-14/h4-5,8-9H,6-7,10-11H2,1-3H3. The number of rotatable bonds is 2. The van der Waals surface area contributed by atoms with Gasteiger partial charge in [0, 0.05) is 59.6 Å². The minimum Gasteiger partial charge on any atom is -0.293 e. The SMILES string of the molecule is CC(C)(C)c1ncc2c(n1)CCN(Cc1ccc(Br)cn1)C2. The molecular weight excluding hydrogens is 340 g/mol. The van der Waals surface area contributed by atoms with E-state index in [1.165, 1.54) is 11.3 Å². The lowest BCUT2D eigenvalue weighted by Crippen LogP contribution is -2.32. The van der Waals surface area contributed by atoms with Gasteiger partial charge in [0.1, 0.15) is 5.82 Å². The zero-order valence-corrected chi connectivity index (χ0v) is 14.9. The number of fused-ring (bicyclic) bond motifs is 1. The van der Waals surface area contributed by atoms with E-state index in [4.69, 9.17) is 4.98 Å². The van der Waals surface area contributed by atoms with Crippen LogP contribution in [-0.4, -0.2) is 26.4 Å². The molecule has 0 spiro atoms. The van der Waals surface area contributed by atoms with Crippen LogP contribution in [0.4, 0.5) is 0 Å². The second-order valence-electron chi connectivity index (χ2n) is 6.84. The molecule has 0 unspecified atom stereocenters. The third-order valence-electron chi connectivity index (χ3n) is 3.86. The van der Waals surface area contributed by atoms with Crippen LogP contribution in [-0.2, 0) is 24.9 Å². The Hall–Kier alpha value is -1.33. The normalized spacial score (nSPS) is 15.6. The summed E-state index contributed by atoms with van der Waals surface area (Å²) in [5.74, 6) is 0.939. The van der Waals surface area contributed by atoms with Crippen LogP contribution in [0.3, 0.4) is 0 Å². The molecule has 0 bridgehead atoms. The molecule has 22 heavy (non-hydrogen) atoms. The van der Waals surface area contributed by atoms with Crippen LogP contribution in [0.2, 0.25) is 0 Å². The molecule has 0 saturated carbocycles. The van der Waals surface area contributed by atoms with E-state index in [2.05, 4.69) is 57.6 Å². The van der Waals surface area contributed by atoms with Crippen molar-refractivity contribution in [3.8, 4) is 0 Å². The molecule has 0 fully saturated rings. The number of nitrogens with zero attached hydrogens (tertiary/aromatic N) is 4. The average Bonchev–Trinajstić information content (AvgIpc) is 2.48. The van der Waals surface area contributed by atoms with Crippen molar-refractivity contribution in [1.29, 1.82) is 0 Å². The Bertz CT molecular complexity index is 661. The summed E-state index contributed by atoms with van der Waals surface area (Å²) in [6, 6.07) is 4.11. The van der Waals surface area contributed by atoms with Gasteiger partial charge in [-0.2, -0.15) is 0 Å². The van der Waals surface area contributed by atoms with Crippen LogP contribution in [0.25, 0.3) is 0 Å². The van der Waals surface area contributed by atoms with E-state index in [-0.39, 0.29) is 5.41 Å². The van der Waals surface area contributed by atoms with Gasteiger partial charge < -0.3 is 0 Å². The van der Waals surface area contributed by atoms with E-state index < -0.39 is 0 Å². The van der Waals surface area contributed by atoms with Crippen molar-refractivity contribution < 1.29 is 0 Å². The maximum atomic E-state index is 4.78. The summed E-state index contributed by atoms with van der Waals surface area (Å²) >= 11 is 3.42. The van der Waals surface area contributed by atoms with E-state index in [1.54, 1.807) is 0 Å². The zero-order chi connectivity index (χ0) is 15.7. The van der Waals surface area contributed by atoms with Gasteiger partial charge in [0.2, 0.25) is 0 Å². The van der Waals surface area contributed by atoms with Gasteiger partial charge in [-0.1, -0.05) is 20.8 Å². The van der Waals surface area contributed by atoms with Crippen molar-refractivity contribution in [2.24, 2.45) is 0 Å². The molecule has 0 atom stereocenters. The van der Waals surface area contributed by atoms with Crippen molar-refractivity contribution >= 4 is 15.9 Å². The Morgan fingerprint density at radius 2 is 2.00 bits per heavy atom. The predicted octanol–water partition coefficient (Wildman–Crippen LogP) is 3.49. The van der Waals surface area contributed by atoms with Crippen molar-refractivity contribution in [2.45, 2.75) is 45.7 Å². The minimum atomic E-state index is 0.00745. The van der Waals surface area contributed by atoms with E-state index in [9.17, 15) is 0 Å². The largest absolute Gasteiger partial charge is 0.293 e. The van der Waals surface area contributed by atoms with Crippen molar-refractivity contribution in [3.05, 3.63) is 51.8 Å². The lowest BCUT2D eigenvalue weighted by molar-refractivity contribution is 0.239. The van der Waals surface area contributed by atoms with Gasteiger partial charge in [-0.3, -0.25) is 9.88 Å². The Labute approximate surface area is 140 Å². The van der Waals surface area contributed by atoms with E-state index >= 15 is 0 Å². The third-order valence-corrected chi connectivity index (χ3v) is 4.33. The molecule has 3 rings (SSSR count). The molecule has 0 amide bonds. The molecule has 0 radical (unpaired) electrons. The maximum absolute atomic E-state index is 4.78. The summed E-state index contributed by atoms with van der Waals surface area (Å²) in [5, 5.41) is 0. The number of halogens is 1. The first kappa shape index (κ1) is 15.6. The average molecular weight is 361 g/mol. The highest BCUT2D eigenvalue weighted by Crippen LogP contribution is 2.23. The summed E-state index contributed by atoms with van der Waals surface area (Å²) in [5.41, 5.74) is 3.56. The lowest BCUT2D eigenvalue weighted by atomic mass is 9.95. The van der Waals surface area contributed by atoms with Crippen LogP contribution in [0, 0.1) is 0 Å². The summed E-state index contributed by atoms with van der Waals surface area (Å²) < 4.78 is 1.02. The molecular formula is C17H21BrN4. The Balaban J connectivity index is 1.73. The fourth-order valence-electron chi connectivity index (χ4n) is 2.60. The molecule has 2 aromatic rings. The maximum Gasteiger partial charge on any atom is 0.133 e. The third kappa shape index (κ3) is 3.52. The van der Waals surface area contributed by atoms with Crippen LogP contribution >= 0.6 is 15.9 Å². The van der Waals surface area contributed by atoms with Gasteiger partial charge in [0.05, 0.1) is 5.69 Å². The van der Waals surface area contributed by atoms with Crippen LogP contribution in [0.1, 0.15) is 43.5 Å². The molecule has 5 heteroatoms. The second kappa shape index (κ2) is 6.05. The van der Waals surface area contributed by atoms with Crippen LogP contribution in [0.5, 0.6) is 0 Å².